The van der Waals surface area contributed by atoms with Crippen molar-refractivity contribution in [2.75, 3.05) is 6.61 Å². The number of carbonyl (C=O) groups is 3. The number of alkyl carbamates (subject to hydrolysis) is 1. The van der Waals surface area contributed by atoms with Crippen molar-refractivity contribution in [1.82, 2.24) is 5.32 Å². The van der Waals surface area contributed by atoms with E-state index in [0.29, 0.717) is 5.56 Å². The molecular weight excluding hydrogens is 346 g/mol. The third kappa shape index (κ3) is 5.54. The van der Waals surface area contributed by atoms with Gasteiger partial charge in [-0.25, -0.2) is 9.59 Å². The first-order valence-electron chi connectivity index (χ1n) is 8.69. The Morgan fingerprint density at radius 1 is 0.926 bits per heavy atom. The molecule has 0 aromatic heterocycles. The molecular formula is C21H25NO5. The van der Waals surface area contributed by atoms with Crippen LogP contribution in [-0.2, 0) is 14.3 Å². The predicted molar refractivity (Wildman–Crippen MR) is 103 cm³/mol. The van der Waals surface area contributed by atoms with Gasteiger partial charge in [0.05, 0.1) is 0 Å². The maximum absolute atomic E-state index is 12.5. The molecule has 0 aliphatic heterocycles. The van der Waals surface area contributed by atoms with Gasteiger partial charge in [0.25, 0.3) is 0 Å². The minimum absolute atomic E-state index is 0.312. The third-order valence-corrected chi connectivity index (χ3v) is 3.75. The van der Waals surface area contributed by atoms with E-state index in [9.17, 15) is 14.4 Å². The number of nitrogens with one attached hydrogen (secondary N) is 1. The van der Waals surface area contributed by atoms with Crippen molar-refractivity contribution >= 4 is 28.6 Å². The van der Waals surface area contributed by atoms with Crippen LogP contribution in [0, 0.1) is 0 Å². The van der Waals surface area contributed by atoms with Gasteiger partial charge in [-0.1, -0.05) is 42.5 Å². The summed E-state index contributed by atoms with van der Waals surface area (Å²) in [6.07, 6.45) is -0.732. The molecule has 0 fully saturated rings. The lowest BCUT2D eigenvalue weighted by atomic mass is 10.0. The fourth-order valence-electron chi connectivity index (χ4n) is 2.47. The van der Waals surface area contributed by atoms with Crippen LogP contribution < -0.4 is 5.32 Å². The largest absolute Gasteiger partial charge is 0.456 e. The van der Waals surface area contributed by atoms with Crippen molar-refractivity contribution in [3.05, 3.63) is 48.0 Å². The Bertz CT molecular complexity index is 859. The van der Waals surface area contributed by atoms with E-state index in [2.05, 4.69) is 5.32 Å². The maximum Gasteiger partial charge on any atom is 0.408 e. The minimum atomic E-state index is -1.33. The van der Waals surface area contributed by atoms with Crippen LogP contribution in [0.5, 0.6) is 0 Å². The number of amides is 1. The number of rotatable bonds is 5. The molecule has 0 atom stereocenters. The summed E-state index contributed by atoms with van der Waals surface area (Å²) in [7, 11) is 0. The van der Waals surface area contributed by atoms with E-state index >= 15 is 0 Å². The number of carbonyl (C=O) groups excluding carboxylic acids is 3. The molecule has 0 bridgehead atoms. The van der Waals surface area contributed by atoms with E-state index in [1.165, 1.54) is 13.8 Å². The van der Waals surface area contributed by atoms with Crippen LogP contribution >= 0.6 is 0 Å². The zero-order valence-electron chi connectivity index (χ0n) is 16.3. The molecule has 2 aromatic rings. The van der Waals surface area contributed by atoms with Crippen LogP contribution in [0.2, 0.25) is 0 Å². The molecule has 0 spiro atoms. The van der Waals surface area contributed by atoms with Crippen molar-refractivity contribution in [2.24, 2.45) is 0 Å². The molecule has 6 nitrogen and oxygen atoms in total. The van der Waals surface area contributed by atoms with Crippen LogP contribution in [0.1, 0.15) is 45.0 Å². The average Bonchev–Trinajstić information content (AvgIpc) is 2.56. The Hall–Kier alpha value is -2.89. The van der Waals surface area contributed by atoms with Crippen LogP contribution in [0.4, 0.5) is 4.79 Å². The molecule has 1 amide bonds. The molecule has 0 saturated heterocycles. The molecule has 0 radical (unpaired) electrons. The molecule has 1 N–H and O–H groups in total. The number of benzene rings is 2. The Balaban J connectivity index is 2.01. The highest BCUT2D eigenvalue weighted by atomic mass is 16.6. The van der Waals surface area contributed by atoms with E-state index in [4.69, 9.17) is 9.47 Å². The van der Waals surface area contributed by atoms with E-state index in [-0.39, 0.29) is 5.78 Å². The van der Waals surface area contributed by atoms with Crippen LogP contribution in [0.15, 0.2) is 42.5 Å². The smallest absolute Gasteiger partial charge is 0.408 e. The summed E-state index contributed by atoms with van der Waals surface area (Å²) >= 11 is 0. The van der Waals surface area contributed by atoms with Gasteiger partial charge in [0.1, 0.15) is 11.1 Å². The molecule has 0 aliphatic carbocycles. The van der Waals surface area contributed by atoms with Crippen LogP contribution in [0.25, 0.3) is 10.8 Å². The van der Waals surface area contributed by atoms with Crippen molar-refractivity contribution < 1.29 is 23.9 Å². The van der Waals surface area contributed by atoms with E-state index in [1.54, 1.807) is 32.9 Å². The molecule has 0 saturated carbocycles. The Kier molecular flexibility index (Phi) is 5.88. The quantitative estimate of drug-likeness (QED) is 0.637. The summed E-state index contributed by atoms with van der Waals surface area (Å²) in [5.41, 5.74) is -1.53. The summed E-state index contributed by atoms with van der Waals surface area (Å²) < 4.78 is 10.3. The monoisotopic (exact) mass is 371 g/mol. The number of fused-ring (bicyclic) bond motifs is 1. The minimum Gasteiger partial charge on any atom is -0.456 e. The summed E-state index contributed by atoms with van der Waals surface area (Å²) in [6.45, 7) is 7.73. The molecule has 2 rings (SSSR count). The van der Waals surface area contributed by atoms with Gasteiger partial charge in [-0.3, -0.25) is 4.79 Å². The lowest BCUT2D eigenvalue weighted by Crippen LogP contribution is -2.52. The van der Waals surface area contributed by atoms with Crippen molar-refractivity contribution in [3.8, 4) is 0 Å². The fraction of sp³-hybridized carbons (Fsp3) is 0.381. The summed E-state index contributed by atoms with van der Waals surface area (Å²) in [5, 5.41) is 4.19. The van der Waals surface area contributed by atoms with Gasteiger partial charge >= 0.3 is 12.1 Å². The molecule has 0 heterocycles. The van der Waals surface area contributed by atoms with Gasteiger partial charge < -0.3 is 14.8 Å². The number of hydrogen-bond donors (Lipinski definition) is 1. The first-order valence-corrected chi connectivity index (χ1v) is 8.69. The molecule has 144 valence electrons. The lowest BCUT2D eigenvalue weighted by Gasteiger charge is -2.26. The topological polar surface area (TPSA) is 81.7 Å². The standard InChI is InChI=1S/C21H25NO5/c1-20(2,3)27-19(25)22-21(4,5)18(24)26-13-17(23)16-12-8-10-14-9-6-7-11-15(14)16/h6-12H,13H2,1-5H3,(H,22,25). The molecule has 0 aliphatic rings. The van der Waals surface area contributed by atoms with Crippen molar-refractivity contribution in [1.29, 1.82) is 0 Å². The number of hydrogen-bond acceptors (Lipinski definition) is 5. The van der Waals surface area contributed by atoms with E-state index in [0.717, 1.165) is 10.8 Å². The second-order valence-electron chi connectivity index (χ2n) is 7.78. The summed E-state index contributed by atoms with van der Waals surface area (Å²) in [4.78, 5) is 36.7. The van der Waals surface area contributed by atoms with Gasteiger partial charge in [-0.15, -0.1) is 0 Å². The van der Waals surface area contributed by atoms with Crippen LogP contribution in [-0.4, -0.2) is 35.6 Å². The van der Waals surface area contributed by atoms with Crippen molar-refractivity contribution in [2.45, 2.75) is 45.8 Å². The number of Topliss-reactive ketones (excluding diaryl/α,β-unsaturated/α-hetero) is 1. The first kappa shape index (κ1) is 20.4. The maximum atomic E-state index is 12.5. The summed E-state index contributed by atoms with van der Waals surface area (Å²) in [6, 6.07) is 12.9. The predicted octanol–water partition coefficient (Wildman–Crippen LogP) is 3.87. The Morgan fingerprint density at radius 2 is 1.56 bits per heavy atom. The van der Waals surface area contributed by atoms with Crippen LogP contribution in [0.3, 0.4) is 0 Å². The third-order valence-electron chi connectivity index (χ3n) is 3.75. The number of esters is 1. The van der Waals surface area contributed by atoms with Gasteiger partial charge in [0.2, 0.25) is 5.78 Å². The number of ether oxygens (including phenoxy) is 2. The molecule has 0 unspecified atom stereocenters. The first-order chi connectivity index (χ1) is 12.5. The highest BCUT2D eigenvalue weighted by Crippen LogP contribution is 2.19. The van der Waals surface area contributed by atoms with Gasteiger partial charge in [-0.2, -0.15) is 0 Å². The summed E-state index contributed by atoms with van der Waals surface area (Å²) in [5.74, 6) is -1.03. The fourth-order valence-corrected chi connectivity index (χ4v) is 2.47. The number of ketones is 1. The van der Waals surface area contributed by atoms with Gasteiger partial charge in [-0.05, 0) is 45.4 Å². The highest BCUT2D eigenvalue weighted by molar-refractivity contribution is 6.09. The SMILES string of the molecule is CC(C)(C)OC(=O)NC(C)(C)C(=O)OCC(=O)c1cccc2ccccc12. The zero-order valence-corrected chi connectivity index (χ0v) is 16.3. The normalized spacial score (nSPS) is 11.7. The zero-order chi connectivity index (χ0) is 20.2. The molecule has 2 aromatic carbocycles. The van der Waals surface area contributed by atoms with E-state index in [1.807, 2.05) is 30.3 Å². The van der Waals surface area contributed by atoms with Crippen molar-refractivity contribution in [3.63, 3.8) is 0 Å². The van der Waals surface area contributed by atoms with Gasteiger partial charge in [0.15, 0.2) is 6.61 Å². The van der Waals surface area contributed by atoms with E-state index < -0.39 is 29.8 Å². The second kappa shape index (κ2) is 7.78. The highest BCUT2D eigenvalue weighted by Gasteiger charge is 2.33. The molecule has 27 heavy (non-hydrogen) atoms. The Labute approximate surface area is 158 Å². The second-order valence-corrected chi connectivity index (χ2v) is 7.78. The average molecular weight is 371 g/mol. The van der Waals surface area contributed by atoms with Gasteiger partial charge in [0, 0.05) is 5.56 Å². The molecule has 6 heteroatoms. The lowest BCUT2D eigenvalue weighted by molar-refractivity contribution is -0.149. The Morgan fingerprint density at radius 3 is 2.22 bits per heavy atom.